The van der Waals surface area contributed by atoms with Crippen LogP contribution < -0.4 is 0 Å². The van der Waals surface area contributed by atoms with Crippen molar-refractivity contribution >= 4 is 26.5 Å². The van der Waals surface area contributed by atoms with E-state index < -0.39 is 0 Å². The average molecular weight is 332 g/mol. The van der Waals surface area contributed by atoms with E-state index in [0.717, 1.165) is 10.7 Å². The summed E-state index contributed by atoms with van der Waals surface area (Å²) in [6, 6.07) is 11.5. The number of aromatic nitrogens is 2. The Morgan fingerprint density at radius 2 is 1.75 bits per heavy atom. The molecule has 2 heterocycles. The molecule has 3 heteroatoms. The first-order chi connectivity index (χ1) is 11.7. The number of rotatable bonds is 1. The van der Waals surface area contributed by atoms with Crippen LogP contribution in [0, 0.1) is 13.8 Å². The summed E-state index contributed by atoms with van der Waals surface area (Å²) in [7, 11) is 0. The van der Waals surface area contributed by atoms with Gasteiger partial charge in [-0.3, -0.25) is 4.40 Å². The molecule has 4 aromatic rings. The smallest absolute Gasteiger partial charge is 0.195 e. The van der Waals surface area contributed by atoms with Crippen molar-refractivity contribution in [3.63, 3.8) is 0 Å². The fourth-order valence-electron chi connectivity index (χ4n) is 3.78. The predicted molar refractivity (Wildman–Crippen MR) is 102 cm³/mol. The van der Waals surface area contributed by atoms with Crippen LogP contribution >= 0.6 is 11.3 Å². The van der Waals surface area contributed by atoms with Crippen molar-refractivity contribution in [2.75, 3.05) is 0 Å². The molecule has 0 unspecified atom stereocenters. The van der Waals surface area contributed by atoms with Gasteiger partial charge in [-0.1, -0.05) is 23.5 Å². The minimum atomic E-state index is 1.09. The Bertz CT molecular complexity index is 1080. The molecule has 24 heavy (non-hydrogen) atoms. The van der Waals surface area contributed by atoms with Gasteiger partial charge < -0.3 is 0 Å². The van der Waals surface area contributed by atoms with Gasteiger partial charge in [0.2, 0.25) is 0 Å². The van der Waals surface area contributed by atoms with Crippen LogP contribution in [0.4, 0.5) is 0 Å². The third kappa shape index (κ3) is 2.11. The molecule has 0 spiro atoms. The molecule has 1 aliphatic rings. The lowest BCUT2D eigenvalue weighted by molar-refractivity contribution is 0.686. The van der Waals surface area contributed by atoms with Crippen LogP contribution in [0.2, 0.25) is 0 Å². The van der Waals surface area contributed by atoms with Crippen molar-refractivity contribution < 1.29 is 0 Å². The summed E-state index contributed by atoms with van der Waals surface area (Å²) in [5, 5.41) is 0. The third-order valence-electron chi connectivity index (χ3n) is 5.35. The second kappa shape index (κ2) is 5.18. The number of hydrogen-bond donors (Lipinski definition) is 0. The molecule has 0 fully saturated rings. The van der Waals surface area contributed by atoms with Gasteiger partial charge in [0.05, 0.1) is 15.9 Å². The first-order valence-electron chi connectivity index (χ1n) is 8.70. The second-order valence-electron chi connectivity index (χ2n) is 6.98. The lowest BCUT2D eigenvalue weighted by Gasteiger charge is -2.15. The van der Waals surface area contributed by atoms with Crippen LogP contribution in [0.25, 0.3) is 26.4 Å². The number of thiazole rings is 1. The van der Waals surface area contributed by atoms with Gasteiger partial charge in [0.25, 0.3) is 0 Å². The largest absolute Gasteiger partial charge is 0.290 e. The molecule has 1 aliphatic carbocycles. The van der Waals surface area contributed by atoms with E-state index in [1.165, 1.54) is 63.7 Å². The van der Waals surface area contributed by atoms with E-state index in [-0.39, 0.29) is 0 Å². The Balaban J connectivity index is 1.66. The van der Waals surface area contributed by atoms with Crippen LogP contribution in [0.1, 0.15) is 35.1 Å². The van der Waals surface area contributed by atoms with Gasteiger partial charge in [-0.2, -0.15) is 0 Å². The molecule has 0 radical (unpaired) electrons. The summed E-state index contributed by atoms with van der Waals surface area (Å²) in [4.78, 5) is 6.00. The fourth-order valence-corrected chi connectivity index (χ4v) is 4.87. The van der Waals surface area contributed by atoms with Crippen molar-refractivity contribution in [3.05, 3.63) is 58.8 Å². The highest BCUT2D eigenvalue weighted by molar-refractivity contribution is 7.23. The van der Waals surface area contributed by atoms with Gasteiger partial charge in [0.15, 0.2) is 4.96 Å². The Hall–Kier alpha value is -2.13. The normalized spacial score (nSPS) is 14.4. The van der Waals surface area contributed by atoms with Gasteiger partial charge in [-0.05, 0) is 80.0 Å². The van der Waals surface area contributed by atoms with E-state index in [9.17, 15) is 0 Å². The maximum atomic E-state index is 4.91. The number of aryl methyl sites for hydroxylation is 4. The molecular formula is C21H20N2S. The number of imidazole rings is 1. The highest BCUT2D eigenvalue weighted by atomic mass is 32.1. The zero-order valence-electron chi connectivity index (χ0n) is 14.1. The van der Waals surface area contributed by atoms with E-state index in [4.69, 9.17) is 4.98 Å². The standard InChI is InChI=1S/C21H20N2S/c1-13-9-19-20(10-14(13)2)24-21-22-18(12-23(19)21)17-8-7-15-5-3-4-6-16(15)11-17/h7-12H,3-6H2,1-2H3. The fraction of sp³-hybridized carbons (Fsp3) is 0.286. The third-order valence-corrected chi connectivity index (χ3v) is 6.37. The first kappa shape index (κ1) is 14.2. The maximum Gasteiger partial charge on any atom is 0.195 e. The van der Waals surface area contributed by atoms with Crippen molar-refractivity contribution in [3.8, 4) is 11.3 Å². The average Bonchev–Trinajstić information content (AvgIpc) is 3.13. The zero-order valence-corrected chi connectivity index (χ0v) is 14.9. The summed E-state index contributed by atoms with van der Waals surface area (Å²) in [5.74, 6) is 0. The lowest BCUT2D eigenvalue weighted by atomic mass is 9.90. The molecule has 0 saturated heterocycles. The first-order valence-corrected chi connectivity index (χ1v) is 9.52. The second-order valence-corrected chi connectivity index (χ2v) is 7.98. The van der Waals surface area contributed by atoms with E-state index in [2.05, 4.69) is 54.8 Å². The molecule has 120 valence electrons. The Labute approximate surface area is 145 Å². The number of hydrogen-bond acceptors (Lipinski definition) is 2. The van der Waals surface area contributed by atoms with Crippen molar-refractivity contribution in [2.45, 2.75) is 39.5 Å². The topological polar surface area (TPSA) is 17.3 Å². The lowest BCUT2D eigenvalue weighted by Crippen LogP contribution is -2.02. The molecular weight excluding hydrogens is 312 g/mol. The van der Waals surface area contributed by atoms with Crippen molar-refractivity contribution in [1.29, 1.82) is 0 Å². The minimum Gasteiger partial charge on any atom is -0.290 e. The summed E-state index contributed by atoms with van der Waals surface area (Å²) < 4.78 is 3.57. The van der Waals surface area contributed by atoms with E-state index in [1.54, 1.807) is 11.3 Å². The molecule has 0 amide bonds. The quantitative estimate of drug-likeness (QED) is 0.436. The van der Waals surface area contributed by atoms with Crippen molar-refractivity contribution in [1.82, 2.24) is 9.38 Å². The van der Waals surface area contributed by atoms with Gasteiger partial charge in [-0.15, -0.1) is 0 Å². The number of fused-ring (bicyclic) bond motifs is 4. The molecule has 2 nitrogen and oxygen atoms in total. The highest BCUT2D eigenvalue weighted by Crippen LogP contribution is 2.32. The summed E-state index contributed by atoms with van der Waals surface area (Å²) >= 11 is 1.78. The maximum absolute atomic E-state index is 4.91. The van der Waals surface area contributed by atoms with Gasteiger partial charge in [0.1, 0.15) is 0 Å². The van der Waals surface area contributed by atoms with Gasteiger partial charge >= 0.3 is 0 Å². The van der Waals surface area contributed by atoms with Gasteiger partial charge in [-0.25, -0.2) is 4.98 Å². The van der Waals surface area contributed by atoms with E-state index in [1.807, 2.05) is 0 Å². The molecule has 0 bridgehead atoms. The SMILES string of the molecule is Cc1cc2sc3nc(-c4ccc5c(c4)CCCC5)cn3c2cc1C. The summed E-state index contributed by atoms with van der Waals surface area (Å²) in [6.07, 6.45) is 7.30. The monoisotopic (exact) mass is 332 g/mol. The van der Waals surface area contributed by atoms with E-state index in [0.29, 0.717) is 0 Å². The van der Waals surface area contributed by atoms with E-state index >= 15 is 0 Å². The zero-order chi connectivity index (χ0) is 16.3. The Kier molecular flexibility index (Phi) is 3.07. The van der Waals surface area contributed by atoms with Crippen molar-refractivity contribution in [2.24, 2.45) is 0 Å². The molecule has 2 aromatic carbocycles. The van der Waals surface area contributed by atoms with Crippen LogP contribution in [-0.2, 0) is 12.8 Å². The molecule has 0 aliphatic heterocycles. The minimum absolute atomic E-state index is 1.09. The molecule has 0 atom stereocenters. The summed E-state index contributed by atoms with van der Waals surface area (Å²) in [6.45, 7) is 4.36. The molecule has 2 aromatic heterocycles. The number of benzene rings is 2. The Morgan fingerprint density at radius 1 is 0.958 bits per heavy atom. The van der Waals surface area contributed by atoms with Gasteiger partial charge in [0, 0.05) is 11.8 Å². The Morgan fingerprint density at radius 3 is 2.62 bits per heavy atom. The molecule has 5 rings (SSSR count). The van der Waals surface area contributed by atoms with Crippen LogP contribution in [0.5, 0.6) is 0 Å². The molecule has 0 N–H and O–H groups in total. The van der Waals surface area contributed by atoms with Crippen LogP contribution in [0.3, 0.4) is 0 Å². The molecule has 0 saturated carbocycles. The van der Waals surface area contributed by atoms with Crippen LogP contribution in [0.15, 0.2) is 36.5 Å². The summed E-state index contributed by atoms with van der Waals surface area (Å²) in [5.41, 5.74) is 9.36. The van der Waals surface area contributed by atoms with Crippen LogP contribution in [-0.4, -0.2) is 9.38 Å². The highest BCUT2D eigenvalue weighted by Gasteiger charge is 2.14. The predicted octanol–water partition coefficient (Wildman–Crippen LogP) is 5.71. The number of nitrogens with zero attached hydrogens (tertiary/aromatic N) is 2.